The van der Waals surface area contributed by atoms with Gasteiger partial charge in [0.05, 0.1) is 6.04 Å². The highest BCUT2D eigenvalue weighted by atomic mass is 35.5. The minimum absolute atomic E-state index is 0.0370. The number of halogens is 2. The van der Waals surface area contributed by atoms with Crippen molar-refractivity contribution in [3.05, 3.63) is 21.8 Å². The third-order valence-electron chi connectivity index (χ3n) is 3.74. The summed E-state index contributed by atoms with van der Waals surface area (Å²) in [5, 5.41) is 0.942. The Bertz CT molecular complexity index is 518. The van der Waals surface area contributed by atoms with Crippen LogP contribution in [0.5, 0.6) is 0 Å². The van der Waals surface area contributed by atoms with E-state index in [0.717, 1.165) is 24.8 Å². The van der Waals surface area contributed by atoms with E-state index in [9.17, 15) is 4.79 Å². The molecule has 116 valence electrons. The SMILES string of the molecule is CCC(C)=C(Cl)N=C(C=C(C)Cl)N1C(=O)OCC1C1CC1. The molecule has 0 radical (unpaired) electrons. The largest absolute Gasteiger partial charge is 0.447 e. The zero-order valence-corrected chi connectivity index (χ0v) is 14.0. The number of cyclic esters (lactones) is 1. The van der Waals surface area contributed by atoms with Crippen LogP contribution in [-0.2, 0) is 4.74 Å². The molecule has 2 fully saturated rings. The second kappa shape index (κ2) is 6.84. The molecular formula is C15H20Cl2N2O2. The van der Waals surface area contributed by atoms with E-state index in [0.29, 0.717) is 28.5 Å². The van der Waals surface area contributed by atoms with Crippen molar-refractivity contribution in [2.75, 3.05) is 6.61 Å². The monoisotopic (exact) mass is 330 g/mol. The van der Waals surface area contributed by atoms with E-state index < -0.39 is 0 Å². The number of amides is 1. The molecule has 1 aliphatic carbocycles. The van der Waals surface area contributed by atoms with Crippen molar-refractivity contribution in [1.82, 2.24) is 4.90 Å². The van der Waals surface area contributed by atoms with Gasteiger partial charge in [0, 0.05) is 5.03 Å². The summed E-state index contributed by atoms with van der Waals surface area (Å²) >= 11 is 12.2. The Morgan fingerprint density at radius 1 is 1.43 bits per heavy atom. The van der Waals surface area contributed by atoms with Crippen molar-refractivity contribution >= 4 is 35.1 Å². The maximum absolute atomic E-state index is 12.1. The Morgan fingerprint density at radius 2 is 2.10 bits per heavy atom. The number of carbonyl (C=O) groups excluding carboxylic acids is 1. The summed E-state index contributed by atoms with van der Waals surface area (Å²) in [6.07, 6.45) is 4.32. The highest BCUT2D eigenvalue weighted by Gasteiger charge is 2.45. The predicted octanol–water partition coefficient (Wildman–Crippen LogP) is 4.64. The third-order valence-corrected chi connectivity index (χ3v) is 4.26. The van der Waals surface area contributed by atoms with Crippen molar-refractivity contribution < 1.29 is 9.53 Å². The topological polar surface area (TPSA) is 41.9 Å². The molecule has 1 unspecified atom stereocenters. The van der Waals surface area contributed by atoms with Crippen molar-refractivity contribution in [2.24, 2.45) is 10.9 Å². The van der Waals surface area contributed by atoms with Gasteiger partial charge in [-0.05, 0) is 50.7 Å². The lowest BCUT2D eigenvalue weighted by atomic mass is 10.2. The molecule has 1 heterocycles. The maximum atomic E-state index is 12.1. The van der Waals surface area contributed by atoms with Gasteiger partial charge >= 0.3 is 6.09 Å². The molecule has 0 N–H and O–H groups in total. The fourth-order valence-corrected chi connectivity index (χ4v) is 2.52. The fraction of sp³-hybridized carbons (Fsp3) is 0.600. The molecule has 0 bridgehead atoms. The van der Waals surface area contributed by atoms with Crippen LogP contribution in [-0.4, -0.2) is 29.5 Å². The molecule has 2 aliphatic rings. The van der Waals surface area contributed by atoms with Gasteiger partial charge in [-0.25, -0.2) is 9.79 Å². The van der Waals surface area contributed by atoms with Gasteiger partial charge in [0.15, 0.2) is 0 Å². The summed E-state index contributed by atoms with van der Waals surface area (Å²) in [4.78, 5) is 18.1. The fourth-order valence-electron chi connectivity index (χ4n) is 2.20. The van der Waals surface area contributed by atoms with Crippen LogP contribution in [0.4, 0.5) is 4.79 Å². The van der Waals surface area contributed by atoms with Gasteiger partial charge in [-0.1, -0.05) is 30.1 Å². The number of hydrogen-bond acceptors (Lipinski definition) is 3. The molecule has 0 aromatic rings. The van der Waals surface area contributed by atoms with Crippen LogP contribution in [0, 0.1) is 5.92 Å². The van der Waals surface area contributed by atoms with E-state index in [2.05, 4.69) is 4.99 Å². The lowest BCUT2D eigenvalue weighted by Crippen LogP contribution is -2.39. The molecular weight excluding hydrogens is 311 g/mol. The molecule has 6 heteroatoms. The first kappa shape index (κ1) is 16.4. The van der Waals surface area contributed by atoms with Crippen LogP contribution in [0.1, 0.15) is 40.0 Å². The van der Waals surface area contributed by atoms with Crippen LogP contribution in [0.15, 0.2) is 26.8 Å². The van der Waals surface area contributed by atoms with Crippen LogP contribution < -0.4 is 0 Å². The highest BCUT2D eigenvalue weighted by molar-refractivity contribution is 6.32. The first-order valence-electron chi connectivity index (χ1n) is 7.17. The molecule has 21 heavy (non-hydrogen) atoms. The second-order valence-electron chi connectivity index (χ2n) is 5.48. The first-order chi connectivity index (χ1) is 9.93. The number of amidine groups is 1. The van der Waals surface area contributed by atoms with Crippen molar-refractivity contribution in [3.8, 4) is 0 Å². The Hall–Kier alpha value is -1.00. The Kier molecular flexibility index (Phi) is 5.33. The van der Waals surface area contributed by atoms with E-state index in [-0.39, 0.29) is 12.1 Å². The highest BCUT2D eigenvalue weighted by Crippen LogP contribution is 2.38. The van der Waals surface area contributed by atoms with Crippen LogP contribution in [0.25, 0.3) is 0 Å². The quantitative estimate of drug-likeness (QED) is 0.428. The van der Waals surface area contributed by atoms with Crippen LogP contribution in [0.3, 0.4) is 0 Å². The van der Waals surface area contributed by atoms with E-state index >= 15 is 0 Å². The second-order valence-corrected chi connectivity index (χ2v) is 6.43. The lowest BCUT2D eigenvalue weighted by Gasteiger charge is -2.21. The van der Waals surface area contributed by atoms with Gasteiger partial charge in [0.25, 0.3) is 0 Å². The van der Waals surface area contributed by atoms with Gasteiger partial charge in [0.2, 0.25) is 0 Å². The molecule has 1 saturated carbocycles. The molecule has 1 atom stereocenters. The van der Waals surface area contributed by atoms with Crippen molar-refractivity contribution in [2.45, 2.75) is 46.1 Å². The number of carbonyl (C=O) groups is 1. The van der Waals surface area contributed by atoms with E-state index in [1.165, 1.54) is 0 Å². The molecule has 1 aliphatic heterocycles. The average Bonchev–Trinajstić information content (AvgIpc) is 3.19. The molecule has 0 aromatic carbocycles. The molecule has 0 spiro atoms. The Balaban J connectivity index is 2.37. The number of allylic oxidation sites excluding steroid dienone is 2. The molecule has 4 nitrogen and oxygen atoms in total. The minimum atomic E-state index is -0.376. The van der Waals surface area contributed by atoms with Gasteiger partial charge in [0.1, 0.15) is 17.6 Å². The summed E-state index contributed by atoms with van der Waals surface area (Å²) in [6.45, 7) is 6.08. The number of rotatable bonds is 4. The maximum Gasteiger partial charge on any atom is 0.415 e. The van der Waals surface area contributed by atoms with Gasteiger partial charge in [-0.15, -0.1) is 0 Å². The van der Waals surface area contributed by atoms with Gasteiger partial charge in [-0.2, -0.15) is 0 Å². The Labute approximate surface area is 135 Å². The lowest BCUT2D eigenvalue weighted by molar-refractivity contribution is 0.168. The molecule has 0 aromatic heterocycles. The molecule has 1 saturated heterocycles. The number of nitrogens with zero attached hydrogens (tertiary/aromatic N) is 2. The van der Waals surface area contributed by atoms with E-state index in [4.69, 9.17) is 27.9 Å². The van der Waals surface area contributed by atoms with E-state index in [1.54, 1.807) is 17.9 Å². The van der Waals surface area contributed by atoms with Gasteiger partial charge in [-0.3, -0.25) is 4.90 Å². The smallest absolute Gasteiger partial charge is 0.415 e. The van der Waals surface area contributed by atoms with Crippen LogP contribution in [0.2, 0.25) is 0 Å². The number of aliphatic imine (C=N–C) groups is 1. The molecule has 2 rings (SSSR count). The van der Waals surface area contributed by atoms with Crippen molar-refractivity contribution in [1.29, 1.82) is 0 Å². The molecule has 1 amide bonds. The first-order valence-corrected chi connectivity index (χ1v) is 7.93. The Morgan fingerprint density at radius 3 is 2.62 bits per heavy atom. The van der Waals surface area contributed by atoms with Crippen LogP contribution >= 0.6 is 23.2 Å². The number of hydrogen-bond donors (Lipinski definition) is 0. The minimum Gasteiger partial charge on any atom is -0.447 e. The third kappa shape index (κ3) is 4.01. The van der Waals surface area contributed by atoms with E-state index in [1.807, 2.05) is 13.8 Å². The van der Waals surface area contributed by atoms with Crippen molar-refractivity contribution in [3.63, 3.8) is 0 Å². The summed E-state index contributed by atoms with van der Waals surface area (Å²) in [7, 11) is 0. The summed E-state index contributed by atoms with van der Waals surface area (Å²) in [5.41, 5.74) is 0.963. The summed E-state index contributed by atoms with van der Waals surface area (Å²) in [6, 6.07) is 0.0370. The standard InChI is InChI=1S/C15H20Cl2N2O2/c1-4-9(2)14(17)18-13(7-10(3)16)19-12(11-5-6-11)8-21-15(19)20/h7,11-12H,4-6,8H2,1-3H3. The summed E-state index contributed by atoms with van der Waals surface area (Å²) in [5.74, 6) is 0.945. The average molecular weight is 331 g/mol. The normalized spacial score (nSPS) is 25.1. The van der Waals surface area contributed by atoms with Gasteiger partial charge < -0.3 is 4.74 Å². The zero-order chi connectivity index (χ0) is 15.6. The predicted molar refractivity (Wildman–Crippen MR) is 85.6 cm³/mol. The summed E-state index contributed by atoms with van der Waals surface area (Å²) < 4.78 is 5.18. The zero-order valence-electron chi connectivity index (χ0n) is 12.5. The number of ether oxygens (including phenoxy) is 1.